The van der Waals surface area contributed by atoms with Gasteiger partial charge >= 0.3 is 0 Å². The summed E-state index contributed by atoms with van der Waals surface area (Å²) in [6.45, 7) is 5.80. The number of amides is 1. The van der Waals surface area contributed by atoms with Gasteiger partial charge in [0.25, 0.3) is 0 Å². The van der Waals surface area contributed by atoms with E-state index < -0.39 is 0 Å². The van der Waals surface area contributed by atoms with Crippen LogP contribution in [0.4, 0.5) is 5.69 Å². The summed E-state index contributed by atoms with van der Waals surface area (Å²) in [6, 6.07) is 1.80. The van der Waals surface area contributed by atoms with E-state index >= 15 is 0 Å². The number of carbonyl (C=O) groups is 1. The summed E-state index contributed by atoms with van der Waals surface area (Å²) in [4.78, 5) is 15.5. The van der Waals surface area contributed by atoms with Crippen LogP contribution in [0.25, 0.3) is 0 Å². The number of alkyl halides is 1. The Morgan fingerprint density at radius 2 is 2.19 bits per heavy atom. The van der Waals surface area contributed by atoms with Crippen LogP contribution in [0.1, 0.15) is 19.4 Å². The van der Waals surface area contributed by atoms with Crippen LogP contribution in [-0.2, 0) is 4.79 Å². The Balaban J connectivity index is 2.74. The predicted molar refractivity (Wildman–Crippen MR) is 70.2 cm³/mol. The number of hydrogen-bond acceptors (Lipinski definition) is 2. The second kappa shape index (κ2) is 5.64. The molecule has 16 heavy (non-hydrogen) atoms. The van der Waals surface area contributed by atoms with Gasteiger partial charge in [0, 0.05) is 0 Å². The molecule has 0 radical (unpaired) electrons. The van der Waals surface area contributed by atoms with Gasteiger partial charge in [-0.1, -0.05) is 41.4 Å². The first-order valence-corrected chi connectivity index (χ1v) is 6.28. The van der Waals surface area contributed by atoms with Gasteiger partial charge in [-0.2, -0.15) is 0 Å². The van der Waals surface area contributed by atoms with Crippen molar-refractivity contribution in [2.45, 2.75) is 25.6 Å². The molecule has 1 atom stereocenters. The van der Waals surface area contributed by atoms with Gasteiger partial charge < -0.3 is 5.32 Å². The topological polar surface area (TPSA) is 42.0 Å². The molecule has 0 fully saturated rings. The molecule has 1 amide bonds. The van der Waals surface area contributed by atoms with E-state index in [-0.39, 0.29) is 16.7 Å². The number of nitrogens with one attached hydrogen (secondary N) is 1. The second-order valence-corrected chi connectivity index (χ2v) is 5.31. The number of carbonyl (C=O) groups excluding carboxylic acids is 1. The number of hydrogen-bond donors (Lipinski definition) is 1. The summed E-state index contributed by atoms with van der Waals surface area (Å²) in [5, 5.41) is 3.24. The maximum Gasteiger partial charge on any atom is 0.238 e. The minimum absolute atomic E-state index is 0.0708. The molecule has 0 aliphatic heterocycles. The summed E-state index contributed by atoms with van der Waals surface area (Å²) in [6.07, 6.45) is 1.55. The van der Waals surface area contributed by atoms with Crippen LogP contribution in [0, 0.1) is 12.8 Å². The van der Waals surface area contributed by atoms with Crippen molar-refractivity contribution in [3.05, 3.63) is 23.0 Å². The molecule has 1 rings (SSSR count). The summed E-state index contributed by atoms with van der Waals surface area (Å²) in [5.41, 5.74) is 1.51. The quantitative estimate of drug-likeness (QED) is 0.687. The highest BCUT2D eigenvalue weighted by atomic mass is 79.9. The van der Waals surface area contributed by atoms with Crippen molar-refractivity contribution < 1.29 is 4.79 Å². The summed E-state index contributed by atoms with van der Waals surface area (Å²) in [7, 11) is 0. The molecule has 0 saturated heterocycles. The fourth-order valence-corrected chi connectivity index (χ4v) is 1.36. The summed E-state index contributed by atoms with van der Waals surface area (Å²) >= 11 is 9.14. The molecule has 1 heterocycles. The van der Waals surface area contributed by atoms with E-state index in [1.165, 1.54) is 0 Å². The Bertz CT molecular complexity index is 396. The maximum absolute atomic E-state index is 11.7. The number of aromatic nitrogens is 1. The third-order valence-corrected chi connectivity index (χ3v) is 3.99. The first-order valence-electron chi connectivity index (χ1n) is 4.99. The fraction of sp³-hybridized carbons (Fsp3) is 0.455. The molecule has 1 unspecified atom stereocenters. The first-order chi connectivity index (χ1) is 7.41. The third kappa shape index (κ3) is 3.46. The number of anilines is 1. The van der Waals surface area contributed by atoms with Gasteiger partial charge in [-0.3, -0.25) is 4.79 Å². The van der Waals surface area contributed by atoms with Crippen LogP contribution in [0.5, 0.6) is 0 Å². The Labute approximate surface area is 109 Å². The van der Waals surface area contributed by atoms with Gasteiger partial charge in [-0.05, 0) is 24.5 Å². The van der Waals surface area contributed by atoms with Crippen LogP contribution in [0.15, 0.2) is 12.3 Å². The zero-order chi connectivity index (χ0) is 12.3. The highest BCUT2D eigenvalue weighted by Gasteiger charge is 2.18. The standard InChI is InChI=1S/C11H14BrClN2O/c1-6(2)9(12)11(16)15-8-4-7(3)10(13)14-5-8/h4-6,9H,1-3H3,(H,15,16). The minimum Gasteiger partial charge on any atom is -0.324 e. The van der Waals surface area contributed by atoms with Gasteiger partial charge in [0.1, 0.15) is 5.15 Å². The van der Waals surface area contributed by atoms with Crippen molar-refractivity contribution in [2.24, 2.45) is 5.92 Å². The van der Waals surface area contributed by atoms with Crippen LogP contribution in [0.3, 0.4) is 0 Å². The van der Waals surface area contributed by atoms with Gasteiger partial charge in [-0.25, -0.2) is 4.98 Å². The molecule has 0 aliphatic rings. The molecule has 0 bridgehead atoms. The highest BCUT2D eigenvalue weighted by molar-refractivity contribution is 9.10. The molecule has 1 N–H and O–H groups in total. The molecule has 1 aromatic heterocycles. The van der Waals surface area contributed by atoms with E-state index in [2.05, 4.69) is 26.2 Å². The number of aryl methyl sites for hydroxylation is 1. The summed E-state index contributed by atoms with van der Waals surface area (Å²) in [5.74, 6) is 0.167. The van der Waals surface area contributed by atoms with Gasteiger partial charge in [0.15, 0.2) is 0 Å². The average molecular weight is 306 g/mol. The van der Waals surface area contributed by atoms with E-state index in [0.29, 0.717) is 10.8 Å². The van der Waals surface area contributed by atoms with Crippen molar-refractivity contribution in [3.8, 4) is 0 Å². The fourth-order valence-electron chi connectivity index (χ4n) is 1.14. The third-order valence-electron chi connectivity index (χ3n) is 2.12. The molecule has 0 aliphatic carbocycles. The van der Waals surface area contributed by atoms with Crippen molar-refractivity contribution in [1.29, 1.82) is 0 Å². The molecular weight excluding hydrogens is 291 g/mol. The zero-order valence-electron chi connectivity index (χ0n) is 9.42. The zero-order valence-corrected chi connectivity index (χ0v) is 11.8. The largest absolute Gasteiger partial charge is 0.324 e. The number of nitrogens with zero attached hydrogens (tertiary/aromatic N) is 1. The van der Waals surface area contributed by atoms with Crippen molar-refractivity contribution in [2.75, 3.05) is 5.32 Å². The van der Waals surface area contributed by atoms with E-state index in [4.69, 9.17) is 11.6 Å². The average Bonchev–Trinajstić information content (AvgIpc) is 2.22. The van der Waals surface area contributed by atoms with Gasteiger partial charge in [-0.15, -0.1) is 0 Å². The normalized spacial score (nSPS) is 12.6. The Morgan fingerprint density at radius 3 is 2.69 bits per heavy atom. The van der Waals surface area contributed by atoms with Crippen molar-refractivity contribution in [3.63, 3.8) is 0 Å². The maximum atomic E-state index is 11.7. The predicted octanol–water partition coefficient (Wildman–Crippen LogP) is 3.40. The number of halogens is 2. The van der Waals surface area contributed by atoms with Gasteiger partial charge in [0.05, 0.1) is 16.7 Å². The smallest absolute Gasteiger partial charge is 0.238 e. The SMILES string of the molecule is Cc1cc(NC(=O)C(Br)C(C)C)cnc1Cl. The van der Waals surface area contributed by atoms with Crippen LogP contribution in [0.2, 0.25) is 5.15 Å². The lowest BCUT2D eigenvalue weighted by molar-refractivity contribution is -0.116. The minimum atomic E-state index is -0.205. The lowest BCUT2D eigenvalue weighted by Gasteiger charge is -2.13. The molecule has 0 spiro atoms. The first kappa shape index (κ1) is 13.5. The van der Waals surface area contributed by atoms with Gasteiger partial charge in [0.2, 0.25) is 5.91 Å². The monoisotopic (exact) mass is 304 g/mol. The lowest BCUT2D eigenvalue weighted by atomic mass is 10.1. The summed E-state index contributed by atoms with van der Waals surface area (Å²) < 4.78 is 0. The Morgan fingerprint density at radius 1 is 1.56 bits per heavy atom. The van der Waals surface area contributed by atoms with Crippen molar-refractivity contribution in [1.82, 2.24) is 4.98 Å². The van der Waals surface area contributed by atoms with E-state index in [0.717, 1.165) is 5.56 Å². The molecule has 0 saturated carbocycles. The highest BCUT2D eigenvalue weighted by Crippen LogP contribution is 2.18. The molecule has 1 aromatic rings. The number of rotatable bonds is 3. The molecule has 88 valence electrons. The second-order valence-electron chi connectivity index (χ2n) is 3.97. The molecular formula is C11H14BrClN2O. The molecule has 0 aromatic carbocycles. The van der Waals surface area contributed by atoms with E-state index in [1.807, 2.05) is 20.8 Å². The Hall–Kier alpha value is -0.610. The van der Waals surface area contributed by atoms with Crippen LogP contribution >= 0.6 is 27.5 Å². The van der Waals surface area contributed by atoms with Crippen molar-refractivity contribution >= 4 is 39.1 Å². The van der Waals surface area contributed by atoms with Crippen LogP contribution < -0.4 is 5.32 Å². The van der Waals surface area contributed by atoms with E-state index in [9.17, 15) is 4.79 Å². The molecule has 5 heteroatoms. The Kier molecular flexibility index (Phi) is 4.74. The van der Waals surface area contributed by atoms with Crippen LogP contribution in [-0.4, -0.2) is 15.7 Å². The number of pyridine rings is 1. The molecule has 3 nitrogen and oxygen atoms in total. The lowest BCUT2D eigenvalue weighted by Crippen LogP contribution is -2.27. The van der Waals surface area contributed by atoms with E-state index in [1.54, 1.807) is 12.3 Å².